The quantitative estimate of drug-likeness (QED) is 0.329. The minimum atomic E-state index is -4.69. The highest BCUT2D eigenvalue weighted by Crippen LogP contribution is 2.31. The molecule has 0 aromatic rings. The van der Waals surface area contributed by atoms with Gasteiger partial charge in [-0.2, -0.15) is 28.0 Å². The van der Waals surface area contributed by atoms with Crippen LogP contribution in [0.1, 0.15) is 0 Å². The second-order valence-corrected chi connectivity index (χ2v) is 7.68. The zero-order valence-electron chi connectivity index (χ0n) is 12.1. The van der Waals surface area contributed by atoms with Crippen LogP contribution in [0.2, 0.25) is 0 Å². The number of nitrogens with zero attached hydrogens (tertiary/aromatic N) is 2. The van der Waals surface area contributed by atoms with Gasteiger partial charge in [-0.3, -0.25) is 8.97 Å². The van der Waals surface area contributed by atoms with E-state index in [1.807, 2.05) is 0 Å². The van der Waals surface area contributed by atoms with Crippen LogP contribution in [0.15, 0.2) is 0 Å². The summed E-state index contributed by atoms with van der Waals surface area (Å²) in [4.78, 5) is 0. The summed E-state index contributed by atoms with van der Waals surface area (Å²) in [6.45, 7) is 8.90. The van der Waals surface area contributed by atoms with Gasteiger partial charge < -0.3 is 0 Å². The Morgan fingerprint density at radius 1 is 0.696 bits per heavy atom. The largest absolute Gasteiger partial charge is 0.267 e. The lowest BCUT2D eigenvalue weighted by molar-refractivity contribution is -1.92. The van der Waals surface area contributed by atoms with Gasteiger partial charge >= 0.3 is 0 Å². The first-order valence-electron chi connectivity index (χ1n) is 6.33. The standard InChI is InChI=1S/C9H18Cl2N2.2ClHO4/c10-1-3-12-5-7-13(9-12,4-2-11)8-6-12;2*2-1(3,4)5/h1-9H2;2*(H,2,3,4,5)/q+2;;. The van der Waals surface area contributed by atoms with E-state index in [2.05, 4.69) is 0 Å². The maximum Gasteiger partial charge on any atom is 0.208 e. The molecule has 10 nitrogen and oxygen atoms in total. The van der Waals surface area contributed by atoms with Crippen molar-refractivity contribution in [2.45, 2.75) is 0 Å². The van der Waals surface area contributed by atoms with Gasteiger partial charge in [0.15, 0.2) is 0 Å². The molecule has 23 heavy (non-hydrogen) atoms. The number of halogens is 4. The lowest BCUT2D eigenvalue weighted by Gasteiger charge is -2.26. The van der Waals surface area contributed by atoms with Crippen LogP contribution >= 0.6 is 23.2 Å². The lowest BCUT2D eigenvalue weighted by atomic mass is 10.3. The molecule has 0 saturated carbocycles. The fraction of sp³-hybridized carbons (Fsp3) is 1.00. The van der Waals surface area contributed by atoms with E-state index in [0.29, 0.717) is 0 Å². The summed E-state index contributed by atoms with van der Waals surface area (Å²) in [6.07, 6.45) is 0. The number of hydrogen-bond acceptors (Lipinski definition) is 8. The minimum absolute atomic E-state index is 0.806. The predicted molar refractivity (Wildman–Crippen MR) is 60.5 cm³/mol. The Labute approximate surface area is 147 Å². The van der Waals surface area contributed by atoms with E-state index in [9.17, 15) is 0 Å². The van der Waals surface area contributed by atoms with Crippen LogP contribution in [0.25, 0.3) is 0 Å². The fourth-order valence-electron chi connectivity index (χ4n) is 2.94. The average molecular weight is 426 g/mol. The second-order valence-electron chi connectivity index (χ2n) is 5.34. The van der Waals surface area contributed by atoms with Crippen molar-refractivity contribution in [2.24, 2.45) is 0 Å². The van der Waals surface area contributed by atoms with E-state index in [1.54, 1.807) is 0 Å². The number of rotatable bonds is 4. The second kappa shape index (κ2) is 9.46. The van der Waals surface area contributed by atoms with E-state index in [4.69, 9.17) is 60.5 Å². The molecule has 0 amide bonds. The molecule has 0 spiro atoms. The van der Waals surface area contributed by atoms with Crippen molar-refractivity contribution >= 4 is 23.2 Å². The Kier molecular flexibility index (Phi) is 9.77. The third-order valence-electron chi connectivity index (χ3n) is 3.82. The molecule has 0 aromatic heterocycles. The minimum Gasteiger partial charge on any atom is -0.267 e. The molecule has 2 bridgehead atoms. The molecular weight excluding hydrogens is 406 g/mol. The third kappa shape index (κ3) is 11.9. The van der Waals surface area contributed by atoms with E-state index in [0.717, 1.165) is 24.8 Å². The molecular formula is C9H20Cl4N2O8+2. The Bertz CT molecular complexity index is 299. The van der Waals surface area contributed by atoms with Gasteiger partial charge in [-0.05, 0) is 0 Å². The normalized spacial score (nSPS) is 29.5. The van der Waals surface area contributed by atoms with Crippen LogP contribution in [-0.4, -0.2) is 76.0 Å². The summed E-state index contributed by atoms with van der Waals surface area (Å²) in [5.74, 6) is 1.61. The predicted octanol–water partition coefficient (Wildman–Crippen LogP) is -7.17. The number of quaternary nitrogens is 2. The van der Waals surface area contributed by atoms with Crippen LogP contribution in [-0.2, 0) is 0 Å². The van der Waals surface area contributed by atoms with Crippen molar-refractivity contribution < 1.29 is 66.7 Å². The van der Waals surface area contributed by atoms with E-state index in [-0.39, 0.29) is 0 Å². The van der Waals surface area contributed by atoms with Crippen molar-refractivity contribution in [1.29, 1.82) is 0 Å². The average Bonchev–Trinajstić information content (AvgIpc) is 2.81. The third-order valence-corrected chi connectivity index (χ3v) is 4.15. The molecule has 0 aromatic carbocycles. The molecule has 2 rings (SSSR count). The van der Waals surface area contributed by atoms with Gasteiger partial charge in [-0.1, -0.05) is 0 Å². The molecule has 14 heteroatoms. The molecule has 2 fully saturated rings. The van der Waals surface area contributed by atoms with Gasteiger partial charge in [0.2, 0.25) is 6.67 Å². The summed E-state index contributed by atoms with van der Waals surface area (Å²) >= 11 is 11.7. The highest BCUT2D eigenvalue weighted by Gasteiger charge is 2.54. The van der Waals surface area contributed by atoms with Crippen LogP contribution in [0.4, 0.5) is 0 Å². The van der Waals surface area contributed by atoms with Crippen LogP contribution in [0.3, 0.4) is 0 Å². The SMILES string of the molecule is ClCC[N+]12CC[N+](CCCl)(CC1)C2.[O-][Cl+3]([O-])([O-])O.[O-][Cl+3]([O-])([O-])O. The molecule has 0 aliphatic carbocycles. The number of hydrogen-bond donors (Lipinski definition) is 2. The Balaban J connectivity index is 0.000000406. The van der Waals surface area contributed by atoms with Gasteiger partial charge in [0.05, 0.1) is 54.7 Å². The van der Waals surface area contributed by atoms with Gasteiger partial charge in [0.1, 0.15) is 26.2 Å². The zero-order chi connectivity index (χ0) is 18.4. The smallest absolute Gasteiger partial charge is 0.208 e. The molecule has 0 unspecified atom stereocenters. The first-order chi connectivity index (χ1) is 10.2. The molecule has 2 N–H and O–H groups in total. The molecule has 2 saturated heterocycles. The van der Waals surface area contributed by atoms with Gasteiger partial charge in [-0.25, -0.2) is 0 Å². The van der Waals surface area contributed by atoms with Gasteiger partial charge in [-0.15, -0.1) is 23.2 Å². The number of piperazine rings is 1. The maximum absolute atomic E-state index is 8.60. The zero-order valence-corrected chi connectivity index (χ0v) is 15.1. The van der Waals surface area contributed by atoms with Crippen molar-refractivity contribution in [3.05, 3.63) is 0 Å². The van der Waals surface area contributed by atoms with Crippen molar-refractivity contribution in [3.8, 4) is 0 Å². The van der Waals surface area contributed by atoms with Crippen LogP contribution < -0.4 is 28.0 Å². The van der Waals surface area contributed by atoms with Crippen LogP contribution in [0, 0.1) is 20.5 Å². The Hall–Kier alpha value is 0.760. The number of fused-ring (bicyclic) bond motifs is 2. The molecule has 0 atom stereocenters. The summed E-state index contributed by atoms with van der Waals surface area (Å²) in [7, 11) is -9.39. The van der Waals surface area contributed by atoms with E-state index >= 15 is 0 Å². The summed E-state index contributed by atoms with van der Waals surface area (Å²) in [5.41, 5.74) is 0. The van der Waals surface area contributed by atoms with Gasteiger partial charge in [0, 0.05) is 0 Å². The summed E-state index contributed by atoms with van der Waals surface area (Å²) in [6, 6.07) is 0. The first-order valence-corrected chi connectivity index (χ1v) is 9.93. The topological polar surface area (TPSA) is 179 Å². The maximum atomic E-state index is 8.60. The number of alkyl halides is 2. The summed E-state index contributed by atoms with van der Waals surface area (Å²) < 4.78 is 68.0. The molecule has 140 valence electrons. The molecule has 2 aliphatic rings. The Morgan fingerprint density at radius 3 is 1.09 bits per heavy atom. The molecule has 2 aliphatic heterocycles. The van der Waals surface area contributed by atoms with Crippen LogP contribution in [0.5, 0.6) is 0 Å². The summed E-state index contributed by atoms with van der Waals surface area (Å²) in [5, 5.41) is 0. The van der Waals surface area contributed by atoms with Crippen molar-refractivity contribution in [3.63, 3.8) is 0 Å². The Morgan fingerprint density at radius 2 is 0.913 bits per heavy atom. The highest BCUT2D eigenvalue weighted by atomic mass is 35.7. The molecule has 0 radical (unpaired) electrons. The molecule has 2 heterocycles. The monoisotopic (exact) mass is 424 g/mol. The van der Waals surface area contributed by atoms with E-state index in [1.165, 1.54) is 41.8 Å². The van der Waals surface area contributed by atoms with Crippen molar-refractivity contribution in [2.75, 3.05) is 57.7 Å². The highest BCUT2D eigenvalue weighted by molar-refractivity contribution is 6.18. The lowest BCUT2D eigenvalue weighted by Crippen LogP contribution is -2.58. The van der Waals surface area contributed by atoms with E-state index < -0.39 is 20.5 Å². The van der Waals surface area contributed by atoms with Gasteiger partial charge in [0.25, 0.3) is 0 Å². The fourth-order valence-corrected chi connectivity index (χ4v) is 3.66. The first kappa shape index (κ1) is 23.8. The van der Waals surface area contributed by atoms with Crippen molar-refractivity contribution in [1.82, 2.24) is 0 Å².